The van der Waals surface area contributed by atoms with Crippen LogP contribution in [-0.2, 0) is 6.54 Å². The van der Waals surface area contributed by atoms with Crippen molar-refractivity contribution in [2.24, 2.45) is 0 Å². The molecule has 2 aromatic rings. The van der Waals surface area contributed by atoms with Crippen LogP contribution in [0.15, 0.2) is 30.7 Å². The Morgan fingerprint density at radius 1 is 1.32 bits per heavy atom. The molecule has 0 unspecified atom stereocenters. The van der Waals surface area contributed by atoms with Gasteiger partial charge in [0.15, 0.2) is 0 Å². The van der Waals surface area contributed by atoms with Crippen LogP contribution in [0.5, 0.6) is 0 Å². The van der Waals surface area contributed by atoms with Gasteiger partial charge in [-0.2, -0.15) is 5.10 Å². The van der Waals surface area contributed by atoms with E-state index in [2.05, 4.69) is 18.9 Å². The first-order valence-electron chi connectivity index (χ1n) is 6.57. The molecule has 2 aromatic heterocycles. The number of aromatic carboxylic acids is 1. The van der Waals surface area contributed by atoms with Crippen molar-refractivity contribution in [3.05, 3.63) is 42.0 Å². The molecular weight excluding hydrogens is 242 g/mol. The van der Waals surface area contributed by atoms with Crippen LogP contribution < -0.4 is 0 Å². The molecule has 0 saturated heterocycles. The second-order valence-corrected chi connectivity index (χ2v) is 4.64. The van der Waals surface area contributed by atoms with Gasteiger partial charge in [-0.05, 0) is 25.0 Å². The quantitative estimate of drug-likeness (QED) is 0.869. The van der Waals surface area contributed by atoms with Gasteiger partial charge in [-0.1, -0.05) is 13.8 Å². The molecular formula is C14H19N3O2. The first kappa shape index (κ1) is 13.4. The highest BCUT2D eigenvalue weighted by atomic mass is 16.4. The summed E-state index contributed by atoms with van der Waals surface area (Å²) < 4.78 is 3.83. The maximum Gasteiger partial charge on any atom is 0.337 e. The summed E-state index contributed by atoms with van der Waals surface area (Å²) in [6.45, 7) is 4.90. The molecule has 1 N–H and O–H groups in total. The third kappa shape index (κ3) is 3.05. The molecule has 5 heteroatoms. The van der Waals surface area contributed by atoms with E-state index in [-0.39, 0.29) is 0 Å². The molecule has 0 aliphatic heterocycles. The zero-order valence-corrected chi connectivity index (χ0v) is 11.3. The third-order valence-corrected chi connectivity index (χ3v) is 3.32. The third-order valence-electron chi connectivity index (χ3n) is 3.32. The summed E-state index contributed by atoms with van der Waals surface area (Å²) in [6.07, 6.45) is 7.50. The Hall–Kier alpha value is -2.04. The van der Waals surface area contributed by atoms with Crippen LogP contribution in [0.4, 0.5) is 0 Å². The lowest BCUT2D eigenvalue weighted by Crippen LogP contribution is -2.08. The number of aromatic nitrogens is 3. The van der Waals surface area contributed by atoms with E-state index in [1.54, 1.807) is 18.5 Å². The maximum atomic E-state index is 10.8. The number of hydrogen-bond donors (Lipinski definition) is 1. The number of carbonyl (C=O) groups is 1. The summed E-state index contributed by atoms with van der Waals surface area (Å²) in [5, 5.41) is 13.4. The van der Waals surface area contributed by atoms with Crippen LogP contribution in [0.2, 0.25) is 0 Å². The van der Waals surface area contributed by atoms with Crippen molar-refractivity contribution in [2.75, 3.05) is 0 Å². The fraction of sp³-hybridized carbons (Fsp3) is 0.429. The van der Waals surface area contributed by atoms with E-state index < -0.39 is 5.97 Å². The molecule has 102 valence electrons. The fourth-order valence-corrected chi connectivity index (χ4v) is 2.18. The summed E-state index contributed by atoms with van der Waals surface area (Å²) >= 11 is 0. The molecule has 0 fully saturated rings. The van der Waals surface area contributed by atoms with Gasteiger partial charge in [-0.25, -0.2) is 4.79 Å². The molecule has 19 heavy (non-hydrogen) atoms. The highest BCUT2D eigenvalue weighted by molar-refractivity contribution is 5.87. The van der Waals surface area contributed by atoms with E-state index in [0.717, 1.165) is 18.5 Å². The Bertz CT molecular complexity index is 553. The minimum atomic E-state index is -0.902. The molecule has 0 atom stereocenters. The summed E-state index contributed by atoms with van der Waals surface area (Å²) in [6, 6.07) is 4.02. The van der Waals surface area contributed by atoms with Gasteiger partial charge < -0.3 is 9.67 Å². The normalized spacial score (nSPS) is 11.1. The molecule has 0 amide bonds. The molecule has 2 rings (SSSR count). The van der Waals surface area contributed by atoms with Gasteiger partial charge in [0.05, 0.1) is 23.8 Å². The first-order valence-corrected chi connectivity index (χ1v) is 6.57. The van der Waals surface area contributed by atoms with Crippen molar-refractivity contribution in [1.82, 2.24) is 14.3 Å². The smallest absolute Gasteiger partial charge is 0.337 e. The summed E-state index contributed by atoms with van der Waals surface area (Å²) in [7, 11) is 0. The van der Waals surface area contributed by atoms with Crippen molar-refractivity contribution in [1.29, 1.82) is 0 Å². The molecule has 0 spiro atoms. The summed E-state index contributed by atoms with van der Waals surface area (Å²) in [5.74, 6) is -0.902. The minimum absolute atomic E-state index is 0.305. The zero-order chi connectivity index (χ0) is 13.8. The van der Waals surface area contributed by atoms with Crippen molar-refractivity contribution < 1.29 is 9.90 Å². The molecule has 0 radical (unpaired) electrons. The monoisotopic (exact) mass is 261 g/mol. The number of carboxylic acids is 1. The summed E-state index contributed by atoms with van der Waals surface area (Å²) in [4.78, 5) is 10.8. The lowest BCUT2D eigenvalue weighted by molar-refractivity contribution is 0.0697. The second kappa shape index (κ2) is 5.73. The van der Waals surface area contributed by atoms with Gasteiger partial charge in [-0.3, -0.25) is 4.68 Å². The predicted octanol–water partition coefficient (Wildman–Crippen LogP) is 2.79. The average Bonchev–Trinajstić information content (AvgIpc) is 3.01. The van der Waals surface area contributed by atoms with E-state index in [1.165, 1.54) is 0 Å². The van der Waals surface area contributed by atoms with E-state index >= 15 is 0 Å². The number of nitrogens with zero attached hydrogens (tertiary/aromatic N) is 3. The van der Waals surface area contributed by atoms with Gasteiger partial charge in [0.2, 0.25) is 0 Å². The van der Waals surface area contributed by atoms with Crippen LogP contribution in [0.1, 0.15) is 48.8 Å². The molecule has 0 aromatic carbocycles. The van der Waals surface area contributed by atoms with Crippen LogP contribution in [0.25, 0.3) is 0 Å². The van der Waals surface area contributed by atoms with Gasteiger partial charge in [0.25, 0.3) is 0 Å². The molecule has 5 nitrogen and oxygen atoms in total. The number of rotatable bonds is 6. The standard InChI is InChI=1S/C14H19N3O2/c1-3-13(4-2)17-8-6-12(15-17)10-16-7-5-11(9-16)14(18)19/h5-9,13H,3-4,10H2,1-2H3,(H,18,19). The molecule has 0 saturated carbocycles. The summed E-state index contributed by atoms with van der Waals surface area (Å²) in [5.41, 5.74) is 1.25. The highest BCUT2D eigenvalue weighted by Crippen LogP contribution is 2.15. The topological polar surface area (TPSA) is 60.0 Å². The van der Waals surface area contributed by atoms with Gasteiger partial charge in [0.1, 0.15) is 0 Å². The highest BCUT2D eigenvalue weighted by Gasteiger charge is 2.09. The van der Waals surface area contributed by atoms with E-state index in [0.29, 0.717) is 18.2 Å². The van der Waals surface area contributed by atoms with Crippen molar-refractivity contribution in [3.8, 4) is 0 Å². The maximum absolute atomic E-state index is 10.8. The Labute approximate surface area is 112 Å². The fourth-order valence-electron chi connectivity index (χ4n) is 2.18. The Balaban J connectivity index is 2.08. The predicted molar refractivity (Wildman–Crippen MR) is 72.3 cm³/mol. The molecule has 0 aliphatic rings. The largest absolute Gasteiger partial charge is 0.478 e. The van der Waals surface area contributed by atoms with Gasteiger partial charge in [-0.15, -0.1) is 0 Å². The van der Waals surface area contributed by atoms with Crippen LogP contribution in [0, 0.1) is 0 Å². The number of carboxylic acid groups (broad SMARTS) is 1. The van der Waals surface area contributed by atoms with Crippen LogP contribution in [0.3, 0.4) is 0 Å². The molecule has 2 heterocycles. The van der Waals surface area contributed by atoms with E-state index in [4.69, 9.17) is 5.11 Å². The van der Waals surface area contributed by atoms with Gasteiger partial charge in [0, 0.05) is 18.6 Å². The van der Waals surface area contributed by atoms with Gasteiger partial charge >= 0.3 is 5.97 Å². The van der Waals surface area contributed by atoms with Crippen LogP contribution in [-0.4, -0.2) is 25.4 Å². The van der Waals surface area contributed by atoms with E-state index in [9.17, 15) is 4.79 Å². The minimum Gasteiger partial charge on any atom is -0.478 e. The van der Waals surface area contributed by atoms with Crippen molar-refractivity contribution in [2.45, 2.75) is 39.3 Å². The van der Waals surface area contributed by atoms with Crippen molar-refractivity contribution in [3.63, 3.8) is 0 Å². The Kier molecular flexibility index (Phi) is 4.04. The average molecular weight is 261 g/mol. The van der Waals surface area contributed by atoms with Crippen molar-refractivity contribution >= 4 is 5.97 Å². The number of hydrogen-bond acceptors (Lipinski definition) is 2. The molecule has 0 bridgehead atoms. The molecule has 0 aliphatic carbocycles. The lowest BCUT2D eigenvalue weighted by atomic mass is 10.2. The van der Waals surface area contributed by atoms with E-state index in [1.807, 2.05) is 21.5 Å². The van der Waals surface area contributed by atoms with Crippen LogP contribution >= 0.6 is 0 Å². The second-order valence-electron chi connectivity index (χ2n) is 4.64. The zero-order valence-electron chi connectivity index (χ0n) is 11.3. The lowest BCUT2D eigenvalue weighted by Gasteiger charge is -2.12. The first-order chi connectivity index (χ1) is 9.13. The SMILES string of the molecule is CCC(CC)n1ccc(Cn2ccc(C(=O)O)c2)n1. The Morgan fingerprint density at radius 3 is 2.63 bits per heavy atom. The Morgan fingerprint density at radius 2 is 2.05 bits per heavy atom.